The van der Waals surface area contributed by atoms with Crippen LogP contribution in [-0.4, -0.2) is 55.6 Å². The van der Waals surface area contributed by atoms with Gasteiger partial charge in [-0.25, -0.2) is 4.79 Å². The van der Waals surface area contributed by atoms with Gasteiger partial charge >= 0.3 is 6.03 Å². The van der Waals surface area contributed by atoms with Crippen LogP contribution < -0.4 is 10.1 Å². The third-order valence-corrected chi connectivity index (χ3v) is 3.49. The molecule has 0 radical (unpaired) electrons. The molecule has 6 heteroatoms. The molecule has 2 N–H and O–H groups in total. The minimum atomic E-state index is -0.222. The van der Waals surface area contributed by atoms with E-state index >= 15 is 0 Å². The number of urea groups is 1. The van der Waals surface area contributed by atoms with Gasteiger partial charge in [0, 0.05) is 25.6 Å². The van der Waals surface area contributed by atoms with Gasteiger partial charge < -0.3 is 24.8 Å². The fourth-order valence-corrected chi connectivity index (χ4v) is 2.27. The van der Waals surface area contributed by atoms with Crippen LogP contribution in [0.4, 0.5) is 10.5 Å². The molecule has 6 nitrogen and oxygen atoms in total. The standard InChI is InChI=1S/C17H24N2O4/c1-13(2)11-23-16-6-4-3-5-15(16)18-17(21)19-7-8-22-12-14(9-19)10-20/h3-6,14,20H,1,7-12H2,2H3,(H,18,21)/t14-/m0/s1. The number of nitrogens with one attached hydrogen (secondary N) is 1. The summed E-state index contributed by atoms with van der Waals surface area (Å²) in [6, 6.07) is 7.07. The zero-order chi connectivity index (χ0) is 16.7. The van der Waals surface area contributed by atoms with Crippen LogP contribution in [-0.2, 0) is 4.74 Å². The molecule has 2 rings (SSSR count). The zero-order valence-electron chi connectivity index (χ0n) is 13.5. The highest BCUT2D eigenvalue weighted by atomic mass is 16.5. The first-order valence-electron chi connectivity index (χ1n) is 7.71. The second-order valence-electron chi connectivity index (χ2n) is 5.74. The van der Waals surface area contributed by atoms with Crippen LogP contribution in [0.1, 0.15) is 6.92 Å². The lowest BCUT2D eigenvalue weighted by Crippen LogP contribution is -2.39. The molecule has 1 aliphatic heterocycles. The van der Waals surface area contributed by atoms with Crippen molar-refractivity contribution in [3.63, 3.8) is 0 Å². The third-order valence-electron chi connectivity index (χ3n) is 3.49. The Labute approximate surface area is 136 Å². The Morgan fingerprint density at radius 2 is 2.30 bits per heavy atom. The smallest absolute Gasteiger partial charge is 0.322 e. The van der Waals surface area contributed by atoms with Gasteiger partial charge in [0.15, 0.2) is 0 Å². The van der Waals surface area contributed by atoms with Gasteiger partial charge in [-0.1, -0.05) is 18.7 Å². The van der Waals surface area contributed by atoms with Gasteiger partial charge in [0.05, 0.1) is 18.9 Å². The normalized spacial score (nSPS) is 18.2. The SMILES string of the molecule is C=C(C)COc1ccccc1NC(=O)N1CCOC[C@H](CO)C1. The second-order valence-corrected chi connectivity index (χ2v) is 5.74. The molecule has 1 fully saturated rings. The van der Waals surface area contributed by atoms with Gasteiger partial charge in [0.1, 0.15) is 12.4 Å². The van der Waals surface area contributed by atoms with Crippen molar-refractivity contribution in [2.75, 3.05) is 44.8 Å². The minimum absolute atomic E-state index is 0.00207. The van der Waals surface area contributed by atoms with E-state index in [1.165, 1.54) is 0 Å². The van der Waals surface area contributed by atoms with E-state index in [1.807, 2.05) is 19.1 Å². The maximum atomic E-state index is 12.5. The maximum absolute atomic E-state index is 12.5. The number of benzene rings is 1. The topological polar surface area (TPSA) is 71.0 Å². The summed E-state index contributed by atoms with van der Waals surface area (Å²) in [5.74, 6) is 0.548. The molecule has 0 bridgehead atoms. The van der Waals surface area contributed by atoms with E-state index in [-0.39, 0.29) is 18.6 Å². The Balaban J connectivity index is 2.02. The van der Waals surface area contributed by atoms with Crippen molar-refractivity contribution in [1.29, 1.82) is 0 Å². The molecule has 126 valence electrons. The summed E-state index contributed by atoms with van der Waals surface area (Å²) >= 11 is 0. The van der Waals surface area contributed by atoms with E-state index in [4.69, 9.17) is 9.47 Å². The van der Waals surface area contributed by atoms with Gasteiger partial charge in [-0.2, -0.15) is 0 Å². The fraction of sp³-hybridized carbons (Fsp3) is 0.471. The van der Waals surface area contributed by atoms with E-state index in [2.05, 4.69) is 11.9 Å². The van der Waals surface area contributed by atoms with Gasteiger partial charge in [0.2, 0.25) is 0 Å². The number of aliphatic hydroxyl groups is 1. The minimum Gasteiger partial charge on any atom is -0.487 e. The van der Waals surface area contributed by atoms with E-state index < -0.39 is 0 Å². The number of rotatable bonds is 5. The molecule has 1 heterocycles. The van der Waals surface area contributed by atoms with Gasteiger partial charge in [-0.15, -0.1) is 0 Å². The summed E-state index contributed by atoms with van der Waals surface area (Å²) in [4.78, 5) is 14.1. The molecule has 1 aromatic rings. The molecule has 1 saturated heterocycles. The van der Waals surface area contributed by atoms with Crippen LogP contribution in [0.2, 0.25) is 0 Å². The number of aliphatic hydroxyl groups excluding tert-OH is 1. The first kappa shape index (κ1) is 17.3. The van der Waals surface area contributed by atoms with Crippen molar-refractivity contribution in [3.8, 4) is 5.75 Å². The second kappa shape index (κ2) is 8.55. The van der Waals surface area contributed by atoms with Gasteiger partial charge in [0.25, 0.3) is 0 Å². The average molecular weight is 320 g/mol. The van der Waals surface area contributed by atoms with Gasteiger partial charge in [-0.05, 0) is 24.6 Å². The molecule has 23 heavy (non-hydrogen) atoms. The summed E-state index contributed by atoms with van der Waals surface area (Å²) in [5.41, 5.74) is 1.52. The van der Waals surface area contributed by atoms with Crippen molar-refractivity contribution in [3.05, 3.63) is 36.4 Å². The van der Waals surface area contributed by atoms with Crippen LogP contribution in [0.5, 0.6) is 5.75 Å². The van der Waals surface area contributed by atoms with E-state index in [1.54, 1.807) is 17.0 Å². The highest BCUT2D eigenvalue weighted by Crippen LogP contribution is 2.24. The quantitative estimate of drug-likeness (QED) is 0.815. The van der Waals surface area contributed by atoms with Crippen molar-refractivity contribution in [1.82, 2.24) is 4.90 Å². The lowest BCUT2D eigenvalue weighted by molar-refractivity contribution is 0.0958. The van der Waals surface area contributed by atoms with E-state index in [9.17, 15) is 9.90 Å². The molecule has 1 aliphatic rings. The number of amides is 2. The summed E-state index contributed by atoms with van der Waals surface area (Å²) in [6.45, 7) is 8.00. The number of hydrogen-bond acceptors (Lipinski definition) is 4. The summed E-state index contributed by atoms with van der Waals surface area (Å²) in [7, 11) is 0. The number of anilines is 1. The van der Waals surface area contributed by atoms with Crippen LogP contribution in [0.3, 0.4) is 0 Å². The number of para-hydroxylation sites is 2. The van der Waals surface area contributed by atoms with Crippen molar-refractivity contribution < 1.29 is 19.4 Å². The Hall–Kier alpha value is -2.05. The lowest BCUT2D eigenvalue weighted by atomic mass is 10.2. The molecular formula is C17H24N2O4. The average Bonchev–Trinajstić information content (AvgIpc) is 2.79. The predicted octanol–water partition coefficient (Wildman–Crippen LogP) is 2.11. The summed E-state index contributed by atoms with van der Waals surface area (Å²) in [5, 5.41) is 12.2. The Morgan fingerprint density at radius 1 is 1.52 bits per heavy atom. The third kappa shape index (κ3) is 5.26. The molecule has 0 aliphatic carbocycles. The molecule has 0 unspecified atom stereocenters. The number of carbonyl (C=O) groups is 1. The molecule has 0 saturated carbocycles. The Kier molecular flexibility index (Phi) is 6.43. The van der Waals surface area contributed by atoms with E-state index in [0.29, 0.717) is 44.3 Å². The highest BCUT2D eigenvalue weighted by Gasteiger charge is 2.22. The largest absolute Gasteiger partial charge is 0.487 e. The van der Waals surface area contributed by atoms with Crippen molar-refractivity contribution in [2.24, 2.45) is 5.92 Å². The summed E-state index contributed by atoms with van der Waals surface area (Å²) in [6.07, 6.45) is 0. The fourth-order valence-electron chi connectivity index (χ4n) is 2.27. The first-order valence-corrected chi connectivity index (χ1v) is 7.71. The monoisotopic (exact) mass is 320 g/mol. The number of hydrogen-bond donors (Lipinski definition) is 2. The molecule has 1 atom stereocenters. The van der Waals surface area contributed by atoms with Crippen LogP contribution in [0.25, 0.3) is 0 Å². The molecule has 0 aromatic heterocycles. The predicted molar refractivity (Wildman–Crippen MR) is 88.7 cm³/mol. The lowest BCUT2D eigenvalue weighted by Gasteiger charge is -2.23. The zero-order valence-corrected chi connectivity index (χ0v) is 13.5. The molecule has 2 amide bonds. The van der Waals surface area contributed by atoms with E-state index in [0.717, 1.165) is 5.57 Å². The summed E-state index contributed by atoms with van der Waals surface area (Å²) < 4.78 is 11.1. The maximum Gasteiger partial charge on any atom is 0.322 e. The molecule has 0 spiro atoms. The van der Waals surface area contributed by atoms with Crippen LogP contribution >= 0.6 is 0 Å². The van der Waals surface area contributed by atoms with Crippen molar-refractivity contribution in [2.45, 2.75) is 6.92 Å². The molecule has 1 aromatic carbocycles. The van der Waals surface area contributed by atoms with Crippen LogP contribution in [0.15, 0.2) is 36.4 Å². The van der Waals surface area contributed by atoms with Crippen molar-refractivity contribution >= 4 is 11.7 Å². The van der Waals surface area contributed by atoms with Crippen LogP contribution in [0, 0.1) is 5.92 Å². The highest BCUT2D eigenvalue weighted by molar-refractivity contribution is 5.91. The van der Waals surface area contributed by atoms with Gasteiger partial charge in [-0.3, -0.25) is 0 Å². The Morgan fingerprint density at radius 3 is 3.04 bits per heavy atom. The number of ether oxygens (including phenoxy) is 2. The first-order chi connectivity index (χ1) is 11.1. The number of nitrogens with zero attached hydrogens (tertiary/aromatic N) is 1. The molecular weight excluding hydrogens is 296 g/mol. The Bertz CT molecular complexity index is 547. The number of carbonyl (C=O) groups excluding carboxylic acids is 1.